The Morgan fingerprint density at radius 2 is 1.83 bits per heavy atom. The van der Waals surface area contributed by atoms with Gasteiger partial charge in [-0.2, -0.15) is 0 Å². The molecule has 6 nitrogen and oxygen atoms in total. The van der Waals surface area contributed by atoms with Crippen molar-refractivity contribution in [2.75, 3.05) is 58.5 Å². The summed E-state index contributed by atoms with van der Waals surface area (Å²) in [6.45, 7) is 2.07. The van der Waals surface area contributed by atoms with Crippen LogP contribution in [0.3, 0.4) is 0 Å². The van der Waals surface area contributed by atoms with Crippen molar-refractivity contribution in [2.45, 2.75) is 31.3 Å². The third-order valence-corrected chi connectivity index (χ3v) is 6.34. The number of nitrogens with zero attached hydrogens (tertiary/aromatic N) is 3. The molecule has 0 aromatic carbocycles. The maximum Gasteiger partial charge on any atom is 0.237 e. The van der Waals surface area contributed by atoms with Gasteiger partial charge in [-0.15, -0.1) is 0 Å². The molecular weight excluding hydrogens is 321 g/mol. The van der Waals surface area contributed by atoms with Crippen LogP contribution in [0.5, 0.6) is 0 Å². The second-order valence-electron chi connectivity index (χ2n) is 6.82. The summed E-state index contributed by atoms with van der Waals surface area (Å²) < 4.78 is 36.3. The molecule has 0 aliphatic carbocycles. The smallest absolute Gasteiger partial charge is 0.237 e. The van der Waals surface area contributed by atoms with Crippen LogP contribution >= 0.6 is 0 Å². The summed E-state index contributed by atoms with van der Waals surface area (Å²) in [5.74, 6) is 0.198. The van der Waals surface area contributed by atoms with E-state index in [0.717, 1.165) is 19.4 Å². The standard InChI is InChI=1S/C15H28FN3O3S/c1-17(2)10-15(20)19-9-8-18(7-5-3-4-6-16)13-11-23(21,22)12-14(13)19/h13-14H,3-12H2,1-2H3/t13-,14+/m0/s1. The van der Waals surface area contributed by atoms with Crippen LogP contribution in [0, 0.1) is 0 Å². The normalized spacial score (nSPS) is 27.4. The van der Waals surface area contributed by atoms with E-state index in [2.05, 4.69) is 4.90 Å². The maximum atomic E-state index is 12.4. The molecule has 0 aromatic rings. The van der Waals surface area contributed by atoms with E-state index in [1.165, 1.54) is 0 Å². The van der Waals surface area contributed by atoms with Crippen LogP contribution in [-0.2, 0) is 14.6 Å². The van der Waals surface area contributed by atoms with Gasteiger partial charge >= 0.3 is 0 Å². The number of unbranched alkanes of at least 4 members (excludes halogenated alkanes) is 2. The average Bonchev–Trinajstić information content (AvgIpc) is 2.77. The van der Waals surface area contributed by atoms with Gasteiger partial charge in [0, 0.05) is 19.1 Å². The van der Waals surface area contributed by atoms with Crippen LogP contribution in [-0.4, -0.2) is 99.6 Å². The van der Waals surface area contributed by atoms with Gasteiger partial charge in [0.05, 0.1) is 30.8 Å². The minimum atomic E-state index is -3.10. The van der Waals surface area contributed by atoms with Gasteiger partial charge in [0.25, 0.3) is 0 Å². The SMILES string of the molecule is CN(C)CC(=O)N1CCN(CCCCCF)[C@H]2CS(=O)(=O)C[C@H]21. The van der Waals surface area contributed by atoms with Crippen molar-refractivity contribution in [3.05, 3.63) is 0 Å². The van der Waals surface area contributed by atoms with E-state index < -0.39 is 9.84 Å². The fourth-order valence-electron chi connectivity index (χ4n) is 3.56. The summed E-state index contributed by atoms with van der Waals surface area (Å²) in [4.78, 5) is 18.2. The number of likely N-dealkylation sites (N-methyl/N-ethyl adjacent to an activating group) is 1. The van der Waals surface area contributed by atoms with Crippen LogP contribution < -0.4 is 0 Å². The Morgan fingerprint density at radius 1 is 1.13 bits per heavy atom. The lowest BCUT2D eigenvalue weighted by atomic mass is 10.0. The van der Waals surface area contributed by atoms with E-state index in [1.807, 2.05) is 19.0 Å². The van der Waals surface area contributed by atoms with Crippen LogP contribution in [0.25, 0.3) is 0 Å². The summed E-state index contributed by atoms with van der Waals surface area (Å²) >= 11 is 0. The summed E-state index contributed by atoms with van der Waals surface area (Å²) in [5, 5.41) is 0. The van der Waals surface area contributed by atoms with Crippen LogP contribution in [0.2, 0.25) is 0 Å². The highest BCUT2D eigenvalue weighted by atomic mass is 32.2. The van der Waals surface area contributed by atoms with E-state index in [1.54, 1.807) is 4.90 Å². The van der Waals surface area contributed by atoms with Gasteiger partial charge < -0.3 is 9.80 Å². The molecule has 2 rings (SSSR count). The molecule has 0 saturated carbocycles. The fourth-order valence-corrected chi connectivity index (χ4v) is 5.57. The molecule has 8 heteroatoms. The zero-order valence-electron chi connectivity index (χ0n) is 14.1. The summed E-state index contributed by atoms with van der Waals surface area (Å²) in [6.07, 6.45) is 2.26. The van der Waals surface area contributed by atoms with E-state index >= 15 is 0 Å². The summed E-state index contributed by atoms with van der Waals surface area (Å²) in [7, 11) is 0.569. The largest absolute Gasteiger partial charge is 0.335 e. The quantitative estimate of drug-likeness (QED) is 0.606. The average molecular weight is 349 g/mol. The minimum absolute atomic E-state index is 0.000760. The Balaban J connectivity index is 2.03. The first kappa shape index (κ1) is 18.6. The third-order valence-electron chi connectivity index (χ3n) is 4.64. The molecule has 0 aromatic heterocycles. The van der Waals surface area contributed by atoms with Crippen molar-refractivity contribution in [1.29, 1.82) is 0 Å². The Bertz CT molecular complexity index is 512. The lowest BCUT2D eigenvalue weighted by Gasteiger charge is -2.44. The third kappa shape index (κ3) is 4.87. The van der Waals surface area contributed by atoms with E-state index in [4.69, 9.17) is 0 Å². The zero-order chi connectivity index (χ0) is 17.0. The Labute approximate surface area is 138 Å². The predicted octanol–water partition coefficient (Wildman–Crippen LogP) is -0.00240. The number of hydrogen-bond donors (Lipinski definition) is 0. The van der Waals surface area contributed by atoms with Gasteiger partial charge in [-0.1, -0.05) is 0 Å². The molecule has 0 spiro atoms. The number of hydrogen-bond acceptors (Lipinski definition) is 5. The van der Waals surface area contributed by atoms with E-state index in [0.29, 0.717) is 26.1 Å². The first-order chi connectivity index (χ1) is 10.8. The fraction of sp³-hybridized carbons (Fsp3) is 0.933. The zero-order valence-corrected chi connectivity index (χ0v) is 14.9. The van der Waals surface area contributed by atoms with Gasteiger partial charge in [0.15, 0.2) is 9.84 Å². The molecule has 23 heavy (non-hydrogen) atoms. The Hall–Kier alpha value is -0.730. The van der Waals surface area contributed by atoms with Crippen molar-refractivity contribution in [1.82, 2.24) is 14.7 Å². The Morgan fingerprint density at radius 3 is 2.48 bits per heavy atom. The lowest BCUT2D eigenvalue weighted by Crippen LogP contribution is -2.61. The molecular formula is C15H28FN3O3S. The molecule has 0 N–H and O–H groups in total. The molecule has 2 aliphatic rings. The van der Waals surface area contributed by atoms with Crippen molar-refractivity contribution in [3.63, 3.8) is 0 Å². The van der Waals surface area contributed by atoms with Crippen molar-refractivity contribution < 1.29 is 17.6 Å². The monoisotopic (exact) mass is 349 g/mol. The molecule has 0 unspecified atom stereocenters. The number of halogens is 1. The molecule has 2 saturated heterocycles. The molecule has 2 atom stereocenters. The number of carbonyl (C=O) groups excluding carboxylic acids is 1. The van der Waals surface area contributed by atoms with Gasteiger partial charge in [0.2, 0.25) is 5.91 Å². The molecule has 134 valence electrons. The lowest BCUT2D eigenvalue weighted by molar-refractivity contribution is -0.137. The highest BCUT2D eigenvalue weighted by molar-refractivity contribution is 7.91. The molecule has 0 radical (unpaired) electrons. The highest BCUT2D eigenvalue weighted by Gasteiger charge is 2.47. The molecule has 1 amide bonds. The number of amides is 1. The maximum absolute atomic E-state index is 12.4. The number of sulfone groups is 1. The predicted molar refractivity (Wildman–Crippen MR) is 87.9 cm³/mol. The number of carbonyl (C=O) groups is 1. The topological polar surface area (TPSA) is 60.9 Å². The van der Waals surface area contributed by atoms with Crippen LogP contribution in [0.1, 0.15) is 19.3 Å². The minimum Gasteiger partial charge on any atom is -0.335 e. The van der Waals surface area contributed by atoms with E-state index in [-0.39, 0.29) is 36.2 Å². The van der Waals surface area contributed by atoms with Crippen molar-refractivity contribution in [2.24, 2.45) is 0 Å². The first-order valence-corrected chi connectivity index (χ1v) is 10.1. The van der Waals surface area contributed by atoms with Gasteiger partial charge in [0.1, 0.15) is 0 Å². The van der Waals surface area contributed by atoms with Gasteiger partial charge in [-0.05, 0) is 39.9 Å². The number of piperazine rings is 1. The van der Waals surface area contributed by atoms with E-state index in [9.17, 15) is 17.6 Å². The molecule has 2 fully saturated rings. The first-order valence-electron chi connectivity index (χ1n) is 8.28. The second-order valence-corrected chi connectivity index (χ2v) is 8.98. The number of fused-ring (bicyclic) bond motifs is 1. The second kappa shape index (κ2) is 7.90. The molecule has 2 aliphatic heterocycles. The molecule has 0 bridgehead atoms. The number of rotatable bonds is 7. The van der Waals surface area contributed by atoms with Crippen LogP contribution in [0.15, 0.2) is 0 Å². The Kier molecular flexibility index (Phi) is 6.39. The number of alkyl halides is 1. The van der Waals surface area contributed by atoms with Crippen LogP contribution in [0.4, 0.5) is 4.39 Å². The van der Waals surface area contributed by atoms with Gasteiger partial charge in [-0.3, -0.25) is 14.1 Å². The highest BCUT2D eigenvalue weighted by Crippen LogP contribution is 2.27. The summed E-state index contributed by atoms with van der Waals surface area (Å²) in [5.41, 5.74) is 0. The molecule has 2 heterocycles. The van der Waals surface area contributed by atoms with Crippen molar-refractivity contribution >= 4 is 15.7 Å². The van der Waals surface area contributed by atoms with Crippen molar-refractivity contribution in [3.8, 4) is 0 Å². The summed E-state index contributed by atoms with van der Waals surface area (Å²) in [6, 6.07) is -0.340. The van der Waals surface area contributed by atoms with Gasteiger partial charge in [-0.25, -0.2) is 8.42 Å².